The fourth-order valence-corrected chi connectivity index (χ4v) is 4.98. The van der Waals surface area contributed by atoms with Crippen LogP contribution in [0.15, 0.2) is 70.6 Å². The lowest BCUT2D eigenvalue weighted by atomic mass is 9.79. The molecule has 2 aromatic rings. The molecule has 156 valence electrons. The van der Waals surface area contributed by atoms with E-state index >= 15 is 0 Å². The molecule has 2 heterocycles. The van der Waals surface area contributed by atoms with Crippen molar-refractivity contribution in [2.75, 3.05) is 13.2 Å². The van der Waals surface area contributed by atoms with E-state index < -0.39 is 0 Å². The van der Waals surface area contributed by atoms with Crippen LogP contribution in [0.3, 0.4) is 0 Å². The molecule has 4 nitrogen and oxygen atoms in total. The van der Waals surface area contributed by atoms with Gasteiger partial charge in [0.05, 0.1) is 12.1 Å². The lowest BCUT2D eigenvalue weighted by Crippen LogP contribution is -2.33. The van der Waals surface area contributed by atoms with E-state index in [1.165, 1.54) is 24.0 Å². The third kappa shape index (κ3) is 4.43. The molecule has 5 rings (SSSR count). The minimum absolute atomic E-state index is 0.224. The van der Waals surface area contributed by atoms with Gasteiger partial charge in [-0.1, -0.05) is 73.5 Å². The Labute approximate surface area is 179 Å². The zero-order valence-electron chi connectivity index (χ0n) is 17.5. The molecule has 3 aliphatic rings. The van der Waals surface area contributed by atoms with Crippen LogP contribution in [0, 0.1) is 11.8 Å². The van der Waals surface area contributed by atoms with Crippen LogP contribution in [-0.2, 0) is 22.3 Å². The van der Waals surface area contributed by atoms with E-state index in [-0.39, 0.29) is 12.1 Å². The summed E-state index contributed by atoms with van der Waals surface area (Å²) in [6.07, 6.45) is 6.58. The topological polar surface area (TPSA) is 43.2 Å². The molecule has 0 unspecified atom stereocenters. The van der Waals surface area contributed by atoms with E-state index in [1.54, 1.807) is 0 Å². The van der Waals surface area contributed by atoms with Gasteiger partial charge in [0, 0.05) is 11.8 Å². The first-order valence-corrected chi connectivity index (χ1v) is 11.3. The average Bonchev–Trinajstić information content (AvgIpc) is 3.45. The summed E-state index contributed by atoms with van der Waals surface area (Å²) in [6, 6.07) is 21.6. The molecule has 0 saturated heterocycles. The minimum Gasteiger partial charge on any atom is -0.478 e. The van der Waals surface area contributed by atoms with Crippen LogP contribution in [0.25, 0.3) is 0 Å². The fourth-order valence-electron chi connectivity index (χ4n) is 4.98. The Morgan fingerprint density at radius 2 is 1.07 bits per heavy atom. The van der Waals surface area contributed by atoms with Gasteiger partial charge in [-0.05, 0) is 36.8 Å². The monoisotopic (exact) mass is 402 g/mol. The molecule has 30 heavy (non-hydrogen) atoms. The maximum Gasteiger partial charge on any atom is 0.187 e. The number of ether oxygens (including phenoxy) is 2. The van der Waals surface area contributed by atoms with Gasteiger partial charge in [0.1, 0.15) is 13.2 Å². The summed E-state index contributed by atoms with van der Waals surface area (Å²) in [7, 11) is 0. The van der Waals surface area contributed by atoms with Crippen LogP contribution in [0.2, 0.25) is 0 Å². The highest BCUT2D eigenvalue weighted by Gasteiger charge is 2.39. The van der Waals surface area contributed by atoms with Crippen LogP contribution in [0.5, 0.6) is 0 Å². The van der Waals surface area contributed by atoms with Crippen molar-refractivity contribution in [3.8, 4) is 0 Å². The number of nitrogens with zero attached hydrogens (tertiary/aromatic N) is 2. The number of hydrogen-bond donors (Lipinski definition) is 0. The molecule has 0 spiro atoms. The summed E-state index contributed by atoms with van der Waals surface area (Å²) >= 11 is 0. The van der Waals surface area contributed by atoms with Gasteiger partial charge in [0.15, 0.2) is 11.8 Å². The minimum atomic E-state index is 0.224. The first-order valence-electron chi connectivity index (χ1n) is 11.3. The van der Waals surface area contributed by atoms with E-state index in [1.807, 2.05) is 0 Å². The second-order valence-electron chi connectivity index (χ2n) is 8.74. The van der Waals surface area contributed by atoms with Crippen LogP contribution in [0.4, 0.5) is 0 Å². The van der Waals surface area contributed by atoms with Gasteiger partial charge in [-0.25, -0.2) is 9.98 Å². The second-order valence-corrected chi connectivity index (χ2v) is 8.74. The van der Waals surface area contributed by atoms with Gasteiger partial charge in [-0.2, -0.15) is 0 Å². The molecule has 2 aromatic carbocycles. The van der Waals surface area contributed by atoms with E-state index in [4.69, 9.17) is 19.5 Å². The Balaban J connectivity index is 1.27. The predicted molar refractivity (Wildman–Crippen MR) is 120 cm³/mol. The molecule has 2 aliphatic heterocycles. The molecule has 1 fully saturated rings. The predicted octanol–water partition coefficient (Wildman–Crippen LogP) is 4.87. The zero-order chi connectivity index (χ0) is 20.2. The normalized spacial score (nSPS) is 28.4. The molecular formula is C26H30N2O2. The quantitative estimate of drug-likeness (QED) is 0.692. The molecule has 0 radical (unpaired) electrons. The highest BCUT2D eigenvalue weighted by molar-refractivity contribution is 5.89. The van der Waals surface area contributed by atoms with Crippen LogP contribution in [-0.4, -0.2) is 37.1 Å². The standard InChI is InChI=1S/C26H30N2O2/c1-3-9-19(10-4-1)15-21-17-29-25(27-21)23-13-7-8-14-24(23)26-28-22(18-30-26)16-20-11-5-2-6-12-20/h1-6,9-12,21-24H,7-8,13-18H2/t21-,22-,23-,24-/m1/s1. The first-order chi connectivity index (χ1) is 14.8. The molecule has 1 saturated carbocycles. The van der Waals surface area contributed by atoms with Gasteiger partial charge in [-0.15, -0.1) is 0 Å². The third-order valence-corrected chi connectivity index (χ3v) is 6.50. The maximum atomic E-state index is 6.13. The van der Waals surface area contributed by atoms with Gasteiger partial charge in [0.25, 0.3) is 0 Å². The van der Waals surface area contributed by atoms with Crippen molar-refractivity contribution in [1.82, 2.24) is 0 Å². The molecule has 0 aromatic heterocycles. The van der Waals surface area contributed by atoms with Gasteiger partial charge >= 0.3 is 0 Å². The molecule has 0 amide bonds. The lowest BCUT2D eigenvalue weighted by Gasteiger charge is -2.30. The first kappa shape index (κ1) is 19.3. The molecule has 0 bridgehead atoms. The summed E-state index contributed by atoms with van der Waals surface area (Å²) in [5.41, 5.74) is 2.65. The highest BCUT2D eigenvalue weighted by atomic mass is 16.5. The van der Waals surface area contributed by atoms with E-state index in [9.17, 15) is 0 Å². The largest absolute Gasteiger partial charge is 0.478 e. The maximum absolute atomic E-state index is 6.13. The molecule has 4 atom stereocenters. The van der Waals surface area contributed by atoms with Crippen LogP contribution >= 0.6 is 0 Å². The number of hydrogen-bond acceptors (Lipinski definition) is 4. The van der Waals surface area contributed by atoms with Crippen molar-refractivity contribution in [3.63, 3.8) is 0 Å². The van der Waals surface area contributed by atoms with Gasteiger partial charge in [0.2, 0.25) is 0 Å². The SMILES string of the molecule is c1ccc(C[C@@H]2COC([C@@H]3CCCC[C@H]3C3=N[C@H](Cc4ccccc4)CO3)=N2)cc1. The summed E-state index contributed by atoms with van der Waals surface area (Å²) < 4.78 is 12.3. The van der Waals surface area contributed by atoms with Crippen molar-refractivity contribution >= 4 is 11.8 Å². The fraction of sp³-hybridized carbons (Fsp3) is 0.462. The number of benzene rings is 2. The van der Waals surface area contributed by atoms with Crippen molar-refractivity contribution in [3.05, 3.63) is 71.8 Å². The van der Waals surface area contributed by atoms with Gasteiger partial charge < -0.3 is 9.47 Å². The van der Waals surface area contributed by atoms with E-state index in [0.717, 1.165) is 37.5 Å². The lowest BCUT2D eigenvalue weighted by molar-refractivity contribution is 0.237. The van der Waals surface area contributed by atoms with Crippen molar-refractivity contribution in [1.29, 1.82) is 0 Å². The van der Waals surface area contributed by atoms with Crippen LogP contribution < -0.4 is 0 Å². The molecular weight excluding hydrogens is 372 g/mol. The average molecular weight is 403 g/mol. The second kappa shape index (κ2) is 9.03. The highest BCUT2D eigenvalue weighted by Crippen LogP contribution is 2.36. The molecule has 4 heteroatoms. The van der Waals surface area contributed by atoms with Crippen LogP contribution in [0.1, 0.15) is 36.8 Å². The Morgan fingerprint density at radius 3 is 1.50 bits per heavy atom. The Kier molecular flexibility index (Phi) is 5.82. The van der Waals surface area contributed by atoms with Crippen molar-refractivity contribution < 1.29 is 9.47 Å². The molecule has 1 aliphatic carbocycles. The summed E-state index contributed by atoms with van der Waals surface area (Å²) in [5.74, 6) is 2.51. The Hall–Kier alpha value is -2.62. The van der Waals surface area contributed by atoms with E-state index in [2.05, 4.69) is 60.7 Å². The smallest absolute Gasteiger partial charge is 0.187 e. The third-order valence-electron chi connectivity index (χ3n) is 6.50. The van der Waals surface area contributed by atoms with Crippen molar-refractivity contribution in [2.24, 2.45) is 21.8 Å². The zero-order valence-corrected chi connectivity index (χ0v) is 17.5. The number of rotatable bonds is 6. The summed E-state index contributed by atoms with van der Waals surface area (Å²) in [6.45, 7) is 1.38. The van der Waals surface area contributed by atoms with Crippen molar-refractivity contribution in [2.45, 2.75) is 50.6 Å². The summed E-state index contributed by atoms with van der Waals surface area (Å²) in [5, 5.41) is 0. The van der Waals surface area contributed by atoms with E-state index in [0.29, 0.717) is 25.0 Å². The summed E-state index contributed by atoms with van der Waals surface area (Å²) in [4.78, 5) is 10.00. The van der Waals surface area contributed by atoms with Gasteiger partial charge in [-0.3, -0.25) is 0 Å². The Morgan fingerprint density at radius 1 is 0.633 bits per heavy atom. The Bertz CT molecular complexity index is 818. The number of aliphatic imine (C=N–C) groups is 2. The molecule has 0 N–H and O–H groups in total.